The molecule has 0 saturated carbocycles. The molecule has 2 N–H and O–H groups in total. The summed E-state index contributed by atoms with van der Waals surface area (Å²) in [5.41, 5.74) is 3.63. The lowest BCUT2D eigenvalue weighted by atomic mass is 9.94. The van der Waals surface area contributed by atoms with E-state index in [0.717, 1.165) is 22.9 Å². The molecule has 9 nitrogen and oxygen atoms in total. The normalized spacial score (nSPS) is 17.1. The minimum absolute atomic E-state index is 0.284. The predicted molar refractivity (Wildman–Crippen MR) is 155 cm³/mol. The lowest BCUT2D eigenvalue weighted by Crippen LogP contribution is -2.42. The van der Waals surface area contributed by atoms with Crippen molar-refractivity contribution in [2.45, 2.75) is 25.4 Å². The summed E-state index contributed by atoms with van der Waals surface area (Å²) < 4.78 is 36.9. The van der Waals surface area contributed by atoms with Gasteiger partial charge < -0.3 is 9.73 Å². The van der Waals surface area contributed by atoms with E-state index in [1.54, 1.807) is 33.8 Å². The standard InChI is InChI=1S/C30H28ClF2N7O2/c1-18-28(20-13-34-38(2)14-20)37-40(21-6-4-3-5-7-21)29(18)36-30(41)35-26-17-39(15-22-9-11-27(31)42-22)16-23(26)19-8-10-24(32)25(33)12-19/h3-14,23,26H,15-17H2,1-2H3,(H2,35,36,41)/t23-,26+/m0/s1. The second-order valence-corrected chi connectivity index (χ2v) is 10.7. The summed E-state index contributed by atoms with van der Waals surface area (Å²) in [6.45, 7) is 3.27. The van der Waals surface area contributed by atoms with E-state index >= 15 is 0 Å². The van der Waals surface area contributed by atoms with E-state index in [1.807, 2.05) is 50.5 Å². The fourth-order valence-electron chi connectivity index (χ4n) is 5.43. The maximum Gasteiger partial charge on any atom is 0.320 e. The fourth-order valence-corrected chi connectivity index (χ4v) is 5.59. The van der Waals surface area contributed by atoms with Crippen LogP contribution in [-0.2, 0) is 13.6 Å². The van der Waals surface area contributed by atoms with Gasteiger partial charge in [0.05, 0.1) is 24.5 Å². The van der Waals surface area contributed by atoms with Crippen LogP contribution in [0.15, 0.2) is 77.5 Å². The fraction of sp³-hybridized carbons (Fsp3) is 0.233. The second kappa shape index (κ2) is 11.4. The van der Waals surface area contributed by atoms with Crippen LogP contribution in [0.2, 0.25) is 5.22 Å². The Bertz CT molecular complexity index is 1730. The molecule has 1 aliphatic heterocycles. The number of anilines is 1. The van der Waals surface area contributed by atoms with Crippen LogP contribution >= 0.6 is 11.6 Å². The molecular formula is C30H28ClF2N7O2. The largest absolute Gasteiger partial charge is 0.448 e. The molecule has 5 aromatic rings. The Hall–Kier alpha value is -4.48. The van der Waals surface area contributed by atoms with Gasteiger partial charge in [0.15, 0.2) is 16.9 Å². The number of hydrogen-bond acceptors (Lipinski definition) is 5. The zero-order chi connectivity index (χ0) is 29.4. The number of nitrogens with one attached hydrogen (secondary N) is 2. The molecule has 1 saturated heterocycles. The zero-order valence-corrected chi connectivity index (χ0v) is 23.6. The highest BCUT2D eigenvalue weighted by Gasteiger charge is 2.36. The van der Waals surface area contributed by atoms with Crippen molar-refractivity contribution in [2.24, 2.45) is 7.05 Å². The van der Waals surface area contributed by atoms with Gasteiger partial charge in [-0.1, -0.05) is 24.3 Å². The molecule has 3 aromatic heterocycles. The van der Waals surface area contributed by atoms with Crippen molar-refractivity contribution >= 4 is 23.4 Å². The highest BCUT2D eigenvalue weighted by Crippen LogP contribution is 2.32. The minimum atomic E-state index is -0.933. The van der Waals surface area contributed by atoms with Crippen LogP contribution in [0.3, 0.4) is 0 Å². The first-order chi connectivity index (χ1) is 20.2. The van der Waals surface area contributed by atoms with Crippen molar-refractivity contribution in [3.05, 3.63) is 107 Å². The maximum atomic E-state index is 14.2. The predicted octanol–water partition coefficient (Wildman–Crippen LogP) is 5.90. The second-order valence-electron chi connectivity index (χ2n) is 10.4. The average molecular weight is 592 g/mol. The van der Waals surface area contributed by atoms with Crippen LogP contribution in [0.4, 0.5) is 19.4 Å². The van der Waals surface area contributed by atoms with Crippen molar-refractivity contribution in [3.63, 3.8) is 0 Å². The number of amides is 2. The molecule has 6 rings (SSSR count). The first-order valence-corrected chi connectivity index (χ1v) is 13.8. The first kappa shape index (κ1) is 27.7. The van der Waals surface area contributed by atoms with Gasteiger partial charge in [0.25, 0.3) is 0 Å². The zero-order valence-electron chi connectivity index (χ0n) is 22.9. The van der Waals surface area contributed by atoms with Crippen LogP contribution < -0.4 is 10.6 Å². The number of nitrogens with zero attached hydrogens (tertiary/aromatic N) is 5. The van der Waals surface area contributed by atoms with Crippen LogP contribution in [-0.4, -0.2) is 49.6 Å². The third kappa shape index (κ3) is 5.65. The highest BCUT2D eigenvalue weighted by molar-refractivity contribution is 6.28. The number of carbonyl (C=O) groups is 1. The number of para-hydroxylation sites is 1. The van der Waals surface area contributed by atoms with Gasteiger partial charge in [-0.25, -0.2) is 18.3 Å². The molecule has 0 spiro atoms. The van der Waals surface area contributed by atoms with E-state index in [9.17, 15) is 13.6 Å². The van der Waals surface area contributed by atoms with Gasteiger partial charge in [0, 0.05) is 43.4 Å². The minimum Gasteiger partial charge on any atom is -0.448 e. The molecule has 1 aliphatic rings. The van der Waals surface area contributed by atoms with Crippen LogP contribution in [0.1, 0.15) is 22.8 Å². The molecular weight excluding hydrogens is 564 g/mol. The number of carbonyl (C=O) groups excluding carboxylic acids is 1. The lowest BCUT2D eigenvalue weighted by Gasteiger charge is -2.21. The first-order valence-electron chi connectivity index (χ1n) is 13.4. The monoisotopic (exact) mass is 591 g/mol. The number of hydrogen-bond donors (Lipinski definition) is 2. The number of likely N-dealkylation sites (tertiary alicyclic amines) is 1. The van der Waals surface area contributed by atoms with Crippen molar-refractivity contribution in [3.8, 4) is 16.9 Å². The van der Waals surface area contributed by atoms with Gasteiger partial charge in [-0.3, -0.25) is 14.9 Å². The van der Waals surface area contributed by atoms with Gasteiger partial charge in [0.2, 0.25) is 0 Å². The van der Waals surface area contributed by atoms with Crippen molar-refractivity contribution in [1.29, 1.82) is 0 Å². The number of halogens is 3. The Kier molecular flexibility index (Phi) is 7.53. The number of benzene rings is 2. The molecule has 0 radical (unpaired) electrons. The third-order valence-electron chi connectivity index (χ3n) is 7.43. The molecule has 4 heterocycles. The summed E-state index contributed by atoms with van der Waals surface area (Å²) >= 11 is 5.95. The Labute approximate surface area is 245 Å². The highest BCUT2D eigenvalue weighted by atomic mass is 35.5. The SMILES string of the molecule is Cc1c(-c2cnn(C)c2)nn(-c2ccccc2)c1NC(=O)N[C@@H]1CN(Cc2ccc(Cl)o2)C[C@H]1c1ccc(F)c(F)c1. The molecule has 42 heavy (non-hydrogen) atoms. The van der Waals surface area contributed by atoms with E-state index < -0.39 is 23.7 Å². The number of aryl methyl sites for hydroxylation is 1. The van der Waals surface area contributed by atoms with Gasteiger partial charge in [0.1, 0.15) is 17.3 Å². The van der Waals surface area contributed by atoms with Crippen molar-refractivity contribution in [2.75, 3.05) is 18.4 Å². The summed E-state index contributed by atoms with van der Waals surface area (Å²) in [6.07, 6.45) is 3.58. The Balaban J connectivity index is 1.28. The molecule has 0 aliphatic carbocycles. The summed E-state index contributed by atoms with van der Waals surface area (Å²) in [4.78, 5) is 15.6. The molecule has 12 heteroatoms. The molecule has 0 unspecified atom stereocenters. The number of aromatic nitrogens is 4. The molecule has 0 bridgehead atoms. The number of urea groups is 1. The van der Waals surface area contributed by atoms with Gasteiger partial charge in [-0.2, -0.15) is 10.2 Å². The van der Waals surface area contributed by atoms with Crippen LogP contribution in [0.5, 0.6) is 0 Å². The maximum absolute atomic E-state index is 14.2. The van der Waals surface area contributed by atoms with Gasteiger partial charge in [-0.15, -0.1) is 0 Å². The summed E-state index contributed by atoms with van der Waals surface area (Å²) in [5, 5.41) is 15.4. The van der Waals surface area contributed by atoms with Crippen molar-refractivity contribution < 1.29 is 18.0 Å². The van der Waals surface area contributed by atoms with Crippen molar-refractivity contribution in [1.82, 2.24) is 29.8 Å². The number of furan rings is 1. The van der Waals surface area contributed by atoms with E-state index in [-0.39, 0.29) is 11.1 Å². The van der Waals surface area contributed by atoms with E-state index in [2.05, 4.69) is 20.6 Å². The third-order valence-corrected chi connectivity index (χ3v) is 7.63. The molecule has 1 fully saturated rings. The van der Waals surface area contributed by atoms with Gasteiger partial charge >= 0.3 is 6.03 Å². The summed E-state index contributed by atoms with van der Waals surface area (Å²) in [7, 11) is 1.83. The quantitative estimate of drug-likeness (QED) is 0.246. The Morgan fingerprint density at radius 3 is 2.60 bits per heavy atom. The lowest BCUT2D eigenvalue weighted by molar-refractivity contribution is 0.246. The Morgan fingerprint density at radius 2 is 1.90 bits per heavy atom. The molecule has 2 amide bonds. The molecule has 2 atom stereocenters. The smallest absolute Gasteiger partial charge is 0.320 e. The Morgan fingerprint density at radius 1 is 1.10 bits per heavy atom. The van der Waals surface area contributed by atoms with Gasteiger partial charge in [-0.05, 0) is 60.5 Å². The molecule has 216 valence electrons. The van der Waals surface area contributed by atoms with E-state index in [4.69, 9.17) is 21.1 Å². The van der Waals surface area contributed by atoms with Crippen LogP contribution in [0, 0.1) is 18.6 Å². The summed E-state index contributed by atoms with van der Waals surface area (Å²) in [6, 6.07) is 15.9. The topological polar surface area (TPSA) is 93.2 Å². The van der Waals surface area contributed by atoms with E-state index in [0.29, 0.717) is 42.5 Å². The average Bonchev–Trinajstić information content (AvgIpc) is 3.75. The van der Waals surface area contributed by atoms with Crippen LogP contribution in [0.25, 0.3) is 16.9 Å². The molecule has 2 aromatic carbocycles. The van der Waals surface area contributed by atoms with E-state index in [1.165, 1.54) is 6.07 Å². The number of rotatable bonds is 7. The summed E-state index contributed by atoms with van der Waals surface area (Å²) in [5.74, 6) is -0.990.